The molecule has 0 fully saturated rings. The molecule has 1 aromatic heterocycles. The highest BCUT2D eigenvalue weighted by Gasteiger charge is 2.12. The minimum Gasteiger partial charge on any atom is -0.484 e. The van der Waals surface area contributed by atoms with E-state index in [9.17, 15) is 4.79 Å². The zero-order valence-corrected chi connectivity index (χ0v) is 17.5. The molecule has 0 saturated heterocycles. The van der Waals surface area contributed by atoms with Gasteiger partial charge in [-0.15, -0.1) is 5.10 Å². The average Bonchev–Trinajstić information content (AvgIpc) is 3.26. The fraction of sp³-hybridized carbons (Fsp3) is 0.160. The molecule has 0 aliphatic rings. The van der Waals surface area contributed by atoms with Gasteiger partial charge in [0.1, 0.15) is 5.75 Å². The van der Waals surface area contributed by atoms with Crippen molar-refractivity contribution < 1.29 is 13.9 Å². The number of carbonyl (C=O) groups excluding carboxylic acids is 1. The van der Waals surface area contributed by atoms with Gasteiger partial charge in [-0.25, -0.2) is 0 Å². The highest BCUT2D eigenvalue weighted by atomic mass is 16.5. The number of carbonyl (C=O) groups is 1. The van der Waals surface area contributed by atoms with Crippen LogP contribution in [0, 0.1) is 6.92 Å². The van der Waals surface area contributed by atoms with E-state index in [0.29, 0.717) is 28.8 Å². The van der Waals surface area contributed by atoms with E-state index < -0.39 is 0 Å². The van der Waals surface area contributed by atoms with Crippen LogP contribution in [0.3, 0.4) is 0 Å². The first-order valence-corrected chi connectivity index (χ1v) is 10.1. The Hall–Kier alpha value is -3.93. The van der Waals surface area contributed by atoms with Gasteiger partial charge in [0.25, 0.3) is 5.89 Å². The second-order valence-electron chi connectivity index (χ2n) is 7.10. The highest BCUT2D eigenvalue weighted by Crippen LogP contribution is 2.23. The van der Waals surface area contributed by atoms with Crippen LogP contribution in [0.5, 0.6) is 5.75 Å². The zero-order valence-electron chi connectivity index (χ0n) is 17.5. The van der Waals surface area contributed by atoms with Gasteiger partial charge in [-0.1, -0.05) is 60.6 Å². The van der Waals surface area contributed by atoms with Crippen LogP contribution in [0.25, 0.3) is 0 Å². The monoisotopic (exact) mass is 413 g/mol. The van der Waals surface area contributed by atoms with Gasteiger partial charge in [0, 0.05) is 16.8 Å². The smallest absolute Gasteiger partial charge is 0.320 e. The molecule has 6 nitrogen and oxygen atoms in total. The fourth-order valence-corrected chi connectivity index (χ4v) is 3.28. The predicted octanol–water partition coefficient (Wildman–Crippen LogP) is 5.49. The molecule has 31 heavy (non-hydrogen) atoms. The minimum atomic E-state index is -0.0183. The van der Waals surface area contributed by atoms with Crippen LogP contribution in [-0.4, -0.2) is 16.0 Å². The summed E-state index contributed by atoms with van der Waals surface area (Å²) >= 11 is 0. The summed E-state index contributed by atoms with van der Waals surface area (Å²) in [6.07, 6.45) is 0.898. The number of hydrogen-bond donors (Lipinski definition) is 1. The second-order valence-corrected chi connectivity index (χ2v) is 7.10. The number of ether oxygens (including phenoxy) is 1. The molecule has 3 aromatic carbocycles. The molecule has 0 bridgehead atoms. The van der Waals surface area contributed by atoms with E-state index in [2.05, 4.69) is 28.5 Å². The first-order valence-electron chi connectivity index (χ1n) is 10.1. The van der Waals surface area contributed by atoms with Crippen LogP contribution < -0.4 is 10.1 Å². The lowest BCUT2D eigenvalue weighted by Crippen LogP contribution is -2.03. The van der Waals surface area contributed by atoms with Gasteiger partial charge in [0.15, 0.2) is 12.4 Å². The van der Waals surface area contributed by atoms with Crippen molar-refractivity contribution in [2.45, 2.75) is 26.9 Å². The van der Waals surface area contributed by atoms with E-state index >= 15 is 0 Å². The van der Waals surface area contributed by atoms with Crippen molar-refractivity contribution in [3.63, 3.8) is 0 Å². The van der Waals surface area contributed by atoms with Gasteiger partial charge in [0.05, 0.1) is 0 Å². The molecule has 1 N–H and O–H groups in total. The molecule has 0 spiro atoms. The van der Waals surface area contributed by atoms with Crippen LogP contribution in [-0.2, 0) is 13.0 Å². The van der Waals surface area contributed by atoms with Crippen molar-refractivity contribution in [2.75, 3.05) is 5.32 Å². The van der Waals surface area contributed by atoms with Crippen molar-refractivity contribution in [3.8, 4) is 5.75 Å². The third kappa shape index (κ3) is 4.80. The molecule has 156 valence electrons. The summed E-state index contributed by atoms with van der Waals surface area (Å²) in [6.45, 7) is 4.13. The Kier molecular flexibility index (Phi) is 6.08. The quantitative estimate of drug-likeness (QED) is 0.385. The molecule has 1 heterocycles. The molecule has 4 aromatic rings. The topological polar surface area (TPSA) is 77.3 Å². The number of ketones is 1. The number of benzene rings is 3. The minimum absolute atomic E-state index is 0.0183. The maximum Gasteiger partial charge on any atom is 0.320 e. The molecule has 0 aliphatic heterocycles. The van der Waals surface area contributed by atoms with Gasteiger partial charge in [-0.3, -0.25) is 4.79 Å². The molecule has 0 atom stereocenters. The molecular formula is C25H23N3O3. The van der Waals surface area contributed by atoms with Crippen molar-refractivity contribution >= 4 is 17.5 Å². The summed E-state index contributed by atoms with van der Waals surface area (Å²) in [5.41, 5.74) is 4.24. The summed E-state index contributed by atoms with van der Waals surface area (Å²) in [5.74, 6) is 1.00. The van der Waals surface area contributed by atoms with Crippen molar-refractivity contribution in [1.29, 1.82) is 0 Å². The summed E-state index contributed by atoms with van der Waals surface area (Å²) < 4.78 is 11.5. The summed E-state index contributed by atoms with van der Waals surface area (Å²) in [6, 6.07) is 22.9. The third-order valence-electron chi connectivity index (χ3n) is 4.93. The number of para-hydroxylation sites is 1. The van der Waals surface area contributed by atoms with Crippen LogP contribution >= 0.6 is 0 Å². The van der Waals surface area contributed by atoms with Crippen molar-refractivity contribution in [3.05, 3.63) is 101 Å². The van der Waals surface area contributed by atoms with Crippen molar-refractivity contribution in [2.24, 2.45) is 0 Å². The molecule has 4 rings (SSSR count). The van der Waals surface area contributed by atoms with E-state index in [1.165, 1.54) is 5.56 Å². The van der Waals surface area contributed by atoms with Crippen molar-refractivity contribution in [1.82, 2.24) is 10.2 Å². The first kappa shape index (κ1) is 20.3. The zero-order chi connectivity index (χ0) is 21.6. The summed E-state index contributed by atoms with van der Waals surface area (Å²) in [5, 5.41) is 11.2. The van der Waals surface area contributed by atoms with Gasteiger partial charge in [0.2, 0.25) is 0 Å². The Morgan fingerprint density at radius 3 is 2.52 bits per heavy atom. The Morgan fingerprint density at radius 2 is 1.74 bits per heavy atom. The van der Waals surface area contributed by atoms with E-state index in [1.807, 2.05) is 61.5 Å². The Bertz CT molecular complexity index is 1190. The third-order valence-corrected chi connectivity index (χ3v) is 4.93. The molecule has 0 amide bonds. The molecule has 0 saturated carbocycles. The molecule has 0 aliphatic carbocycles. The number of hydrogen-bond acceptors (Lipinski definition) is 6. The van der Waals surface area contributed by atoms with Crippen LogP contribution in [0.1, 0.15) is 39.9 Å². The summed E-state index contributed by atoms with van der Waals surface area (Å²) in [7, 11) is 0. The van der Waals surface area contributed by atoms with Gasteiger partial charge < -0.3 is 14.5 Å². The Balaban J connectivity index is 1.40. The van der Waals surface area contributed by atoms with E-state index in [0.717, 1.165) is 17.7 Å². The number of anilines is 2. The number of rotatable bonds is 8. The lowest BCUT2D eigenvalue weighted by molar-refractivity contribution is 0.103. The maximum atomic E-state index is 12.6. The van der Waals surface area contributed by atoms with Gasteiger partial charge in [-0.2, -0.15) is 0 Å². The number of nitrogens with zero attached hydrogens (tertiary/aromatic N) is 2. The maximum absolute atomic E-state index is 12.6. The van der Waals surface area contributed by atoms with Gasteiger partial charge >= 0.3 is 6.01 Å². The summed E-state index contributed by atoms with van der Waals surface area (Å²) in [4.78, 5) is 12.6. The first-order chi connectivity index (χ1) is 15.1. The standard InChI is InChI=1S/C25H23N3O3/c1-3-18-9-7-8-12-21(18)26-25-28-27-23(31-25)16-30-22-14-13-20(15-17(22)2)24(29)19-10-5-4-6-11-19/h4-15H,3,16H2,1-2H3,(H,26,28). The van der Waals surface area contributed by atoms with Crippen LogP contribution in [0.4, 0.5) is 11.7 Å². The number of nitrogens with one attached hydrogen (secondary N) is 1. The van der Waals surface area contributed by atoms with E-state index in [1.54, 1.807) is 12.1 Å². The SMILES string of the molecule is CCc1ccccc1Nc1nnc(COc2ccc(C(=O)c3ccccc3)cc2C)o1. The fourth-order valence-electron chi connectivity index (χ4n) is 3.28. The van der Waals surface area contributed by atoms with Crippen LogP contribution in [0.15, 0.2) is 77.2 Å². The molecular weight excluding hydrogens is 390 g/mol. The second kappa shape index (κ2) is 9.26. The average molecular weight is 413 g/mol. The molecule has 6 heteroatoms. The van der Waals surface area contributed by atoms with E-state index in [4.69, 9.17) is 9.15 Å². The highest BCUT2D eigenvalue weighted by molar-refractivity contribution is 6.09. The van der Waals surface area contributed by atoms with E-state index in [-0.39, 0.29) is 12.4 Å². The molecule has 0 unspecified atom stereocenters. The number of aryl methyl sites for hydroxylation is 2. The lowest BCUT2D eigenvalue weighted by Gasteiger charge is -2.09. The normalized spacial score (nSPS) is 10.6. The Morgan fingerprint density at radius 1 is 0.968 bits per heavy atom. The lowest BCUT2D eigenvalue weighted by atomic mass is 10.0. The van der Waals surface area contributed by atoms with Gasteiger partial charge in [-0.05, 0) is 48.7 Å². The largest absolute Gasteiger partial charge is 0.484 e. The Labute approximate surface area is 180 Å². The predicted molar refractivity (Wildman–Crippen MR) is 119 cm³/mol. The number of aromatic nitrogens is 2. The van der Waals surface area contributed by atoms with Crippen LogP contribution in [0.2, 0.25) is 0 Å². The molecule has 0 radical (unpaired) electrons.